The normalized spacial score (nSPS) is 23.5. The molecule has 3 heteroatoms. The van der Waals surface area contributed by atoms with Crippen LogP contribution in [0.2, 0.25) is 0 Å². The molecule has 0 amide bonds. The molecule has 1 aliphatic rings. The Hall–Kier alpha value is -0.830. The number of hydrogen-bond donors (Lipinski definition) is 1. The third-order valence-electron chi connectivity index (χ3n) is 4.19. The molecule has 1 heterocycles. The van der Waals surface area contributed by atoms with Crippen molar-refractivity contribution in [3.8, 4) is 0 Å². The van der Waals surface area contributed by atoms with Crippen molar-refractivity contribution in [1.29, 1.82) is 0 Å². The Bertz CT molecular complexity index is 415. The summed E-state index contributed by atoms with van der Waals surface area (Å²) < 4.78 is 5.98. The Morgan fingerprint density at radius 3 is 2.74 bits per heavy atom. The number of rotatable bonds is 3. The molecule has 2 rings (SSSR count). The summed E-state index contributed by atoms with van der Waals surface area (Å²) in [4.78, 5) is 4.43. The molecule has 1 aliphatic carbocycles. The molecule has 0 spiro atoms. The van der Waals surface area contributed by atoms with E-state index in [4.69, 9.17) is 4.42 Å². The zero-order valence-corrected chi connectivity index (χ0v) is 13.0. The molecular formula is C16H28N2O. The van der Waals surface area contributed by atoms with Gasteiger partial charge in [-0.05, 0) is 39.0 Å². The second-order valence-electron chi connectivity index (χ2n) is 7.55. The zero-order valence-electron chi connectivity index (χ0n) is 13.0. The molecule has 0 aromatic carbocycles. The summed E-state index contributed by atoms with van der Waals surface area (Å²) in [6, 6.07) is 0. The highest BCUT2D eigenvalue weighted by Crippen LogP contribution is 2.46. The van der Waals surface area contributed by atoms with Crippen LogP contribution in [0.3, 0.4) is 0 Å². The van der Waals surface area contributed by atoms with Crippen LogP contribution >= 0.6 is 0 Å². The van der Waals surface area contributed by atoms with Crippen molar-refractivity contribution in [2.24, 2.45) is 5.41 Å². The van der Waals surface area contributed by atoms with Crippen molar-refractivity contribution >= 4 is 0 Å². The van der Waals surface area contributed by atoms with Gasteiger partial charge in [0.15, 0.2) is 0 Å². The highest BCUT2D eigenvalue weighted by Gasteiger charge is 2.35. The van der Waals surface area contributed by atoms with E-state index in [-0.39, 0.29) is 5.54 Å². The van der Waals surface area contributed by atoms with Crippen LogP contribution in [0.25, 0.3) is 0 Å². The molecule has 1 aromatic heterocycles. The minimum atomic E-state index is 0.0960. The second-order valence-corrected chi connectivity index (χ2v) is 7.55. The summed E-state index contributed by atoms with van der Waals surface area (Å²) in [6.45, 7) is 11.9. The van der Waals surface area contributed by atoms with Gasteiger partial charge >= 0.3 is 0 Å². The van der Waals surface area contributed by atoms with Gasteiger partial charge in [-0.15, -0.1) is 0 Å². The fourth-order valence-electron chi connectivity index (χ4n) is 2.93. The van der Waals surface area contributed by atoms with Gasteiger partial charge in [0.25, 0.3) is 0 Å². The van der Waals surface area contributed by atoms with E-state index < -0.39 is 0 Å². The first kappa shape index (κ1) is 14.6. The maximum absolute atomic E-state index is 5.98. The van der Waals surface area contributed by atoms with Gasteiger partial charge in [-0.1, -0.05) is 26.7 Å². The van der Waals surface area contributed by atoms with E-state index in [0.717, 1.165) is 11.7 Å². The smallest absolute Gasteiger partial charge is 0.208 e. The Morgan fingerprint density at radius 1 is 1.37 bits per heavy atom. The molecule has 1 atom stereocenters. The van der Waals surface area contributed by atoms with Gasteiger partial charge in [-0.25, -0.2) is 4.98 Å². The summed E-state index contributed by atoms with van der Waals surface area (Å²) in [5.41, 5.74) is 0.436. The zero-order chi connectivity index (χ0) is 14.1. The molecule has 1 fully saturated rings. The van der Waals surface area contributed by atoms with Gasteiger partial charge < -0.3 is 9.73 Å². The quantitative estimate of drug-likeness (QED) is 0.887. The fraction of sp³-hybridized carbons (Fsp3) is 0.812. The van der Waals surface area contributed by atoms with Gasteiger partial charge in [0.1, 0.15) is 5.76 Å². The van der Waals surface area contributed by atoms with Gasteiger partial charge in [0.2, 0.25) is 5.89 Å². The maximum Gasteiger partial charge on any atom is 0.208 e. The van der Waals surface area contributed by atoms with Crippen LogP contribution in [0.1, 0.15) is 77.9 Å². The summed E-state index contributed by atoms with van der Waals surface area (Å²) >= 11 is 0. The van der Waals surface area contributed by atoms with E-state index in [1.165, 1.54) is 25.7 Å². The second kappa shape index (κ2) is 5.28. The molecule has 0 bridgehead atoms. The molecule has 1 saturated carbocycles. The van der Waals surface area contributed by atoms with E-state index in [9.17, 15) is 0 Å². The highest BCUT2D eigenvalue weighted by atomic mass is 16.4. The number of aromatic nitrogens is 1. The standard InChI is InChI=1S/C16H28N2O/c1-15(2,3)18-11-14-17-10-13(19-14)12-8-6-7-9-16(12,4)5/h10,12,18H,6-9,11H2,1-5H3. The first-order valence-corrected chi connectivity index (χ1v) is 7.47. The summed E-state index contributed by atoms with van der Waals surface area (Å²) in [5.74, 6) is 2.42. The Morgan fingerprint density at radius 2 is 2.11 bits per heavy atom. The number of oxazole rings is 1. The molecule has 1 N–H and O–H groups in total. The molecule has 0 saturated heterocycles. The predicted octanol–water partition coefficient (Wildman–Crippen LogP) is 4.25. The van der Waals surface area contributed by atoms with Crippen LogP contribution in [0.4, 0.5) is 0 Å². The van der Waals surface area contributed by atoms with Gasteiger partial charge in [0.05, 0.1) is 12.7 Å². The third-order valence-corrected chi connectivity index (χ3v) is 4.19. The lowest BCUT2D eigenvalue weighted by atomic mass is 9.68. The Kier molecular flexibility index (Phi) is 4.05. The largest absolute Gasteiger partial charge is 0.444 e. The van der Waals surface area contributed by atoms with Crippen LogP contribution in [0.15, 0.2) is 10.6 Å². The first-order valence-electron chi connectivity index (χ1n) is 7.47. The van der Waals surface area contributed by atoms with Crippen molar-refractivity contribution < 1.29 is 4.42 Å². The summed E-state index contributed by atoms with van der Waals surface area (Å²) in [7, 11) is 0. The van der Waals surface area contributed by atoms with Crippen molar-refractivity contribution in [2.45, 2.75) is 78.3 Å². The average Bonchev–Trinajstić information content (AvgIpc) is 2.73. The highest BCUT2D eigenvalue weighted by molar-refractivity contribution is 5.08. The van der Waals surface area contributed by atoms with Crippen LogP contribution < -0.4 is 5.32 Å². The fourth-order valence-corrected chi connectivity index (χ4v) is 2.93. The predicted molar refractivity (Wildman–Crippen MR) is 78.1 cm³/mol. The van der Waals surface area contributed by atoms with Gasteiger partial charge in [0, 0.05) is 11.5 Å². The van der Waals surface area contributed by atoms with Gasteiger partial charge in [-0.3, -0.25) is 0 Å². The van der Waals surface area contributed by atoms with E-state index >= 15 is 0 Å². The molecule has 19 heavy (non-hydrogen) atoms. The first-order chi connectivity index (χ1) is 8.78. The van der Waals surface area contributed by atoms with E-state index in [0.29, 0.717) is 17.9 Å². The van der Waals surface area contributed by atoms with Crippen molar-refractivity contribution in [3.05, 3.63) is 17.8 Å². The SMILES string of the molecule is CC(C)(C)NCc1ncc(C2CCCCC2(C)C)o1. The third kappa shape index (κ3) is 3.82. The summed E-state index contributed by atoms with van der Waals surface area (Å²) in [6.07, 6.45) is 7.11. The van der Waals surface area contributed by atoms with Crippen molar-refractivity contribution in [2.75, 3.05) is 0 Å². The molecule has 3 nitrogen and oxygen atoms in total. The van der Waals surface area contributed by atoms with Crippen molar-refractivity contribution in [1.82, 2.24) is 10.3 Å². The van der Waals surface area contributed by atoms with E-state index in [2.05, 4.69) is 44.9 Å². The lowest BCUT2D eigenvalue weighted by molar-refractivity contribution is 0.175. The molecule has 0 radical (unpaired) electrons. The minimum Gasteiger partial charge on any atom is -0.444 e. The summed E-state index contributed by atoms with van der Waals surface area (Å²) in [5, 5.41) is 3.42. The number of nitrogens with one attached hydrogen (secondary N) is 1. The molecular weight excluding hydrogens is 236 g/mol. The molecule has 1 aromatic rings. The number of hydrogen-bond acceptors (Lipinski definition) is 3. The van der Waals surface area contributed by atoms with Crippen molar-refractivity contribution in [3.63, 3.8) is 0 Å². The Labute approximate surface area is 117 Å². The minimum absolute atomic E-state index is 0.0960. The average molecular weight is 264 g/mol. The Balaban J connectivity index is 2.04. The van der Waals surface area contributed by atoms with Crippen LogP contribution in [0.5, 0.6) is 0 Å². The molecule has 1 unspecified atom stereocenters. The van der Waals surface area contributed by atoms with Gasteiger partial charge in [-0.2, -0.15) is 0 Å². The van der Waals surface area contributed by atoms with Crippen LogP contribution in [-0.4, -0.2) is 10.5 Å². The monoisotopic (exact) mass is 264 g/mol. The maximum atomic E-state index is 5.98. The van der Waals surface area contributed by atoms with E-state index in [1.807, 2.05) is 6.20 Å². The molecule has 108 valence electrons. The lowest BCUT2D eigenvalue weighted by Crippen LogP contribution is -2.35. The number of nitrogens with zero attached hydrogens (tertiary/aromatic N) is 1. The van der Waals surface area contributed by atoms with Crippen LogP contribution in [-0.2, 0) is 6.54 Å². The van der Waals surface area contributed by atoms with E-state index in [1.54, 1.807) is 0 Å². The topological polar surface area (TPSA) is 38.1 Å². The lowest BCUT2D eigenvalue weighted by Gasteiger charge is -2.37. The van der Waals surface area contributed by atoms with Crippen LogP contribution in [0, 0.1) is 5.41 Å². The molecule has 0 aliphatic heterocycles.